The lowest BCUT2D eigenvalue weighted by molar-refractivity contribution is -0.122. The molecule has 0 saturated carbocycles. The van der Waals surface area contributed by atoms with E-state index in [4.69, 9.17) is 11.6 Å². The van der Waals surface area contributed by atoms with Gasteiger partial charge in [-0.1, -0.05) is 27.5 Å². The fourth-order valence-corrected chi connectivity index (χ4v) is 3.54. The van der Waals surface area contributed by atoms with Gasteiger partial charge >= 0.3 is 0 Å². The summed E-state index contributed by atoms with van der Waals surface area (Å²) in [7, 11) is 0. The molecule has 3 rings (SSSR count). The van der Waals surface area contributed by atoms with Crippen LogP contribution >= 0.6 is 27.5 Å². The van der Waals surface area contributed by atoms with E-state index in [1.807, 2.05) is 25.1 Å². The van der Waals surface area contributed by atoms with Crippen LogP contribution in [-0.4, -0.2) is 24.3 Å². The Morgan fingerprint density at radius 3 is 2.57 bits per heavy atom. The molecule has 0 aromatic heterocycles. The molecule has 0 spiro atoms. The minimum atomic E-state index is -0.470. The van der Waals surface area contributed by atoms with Gasteiger partial charge in [0.2, 0.25) is 17.7 Å². The van der Waals surface area contributed by atoms with E-state index < -0.39 is 5.92 Å². The van der Waals surface area contributed by atoms with Crippen molar-refractivity contribution in [3.05, 3.63) is 51.5 Å². The van der Waals surface area contributed by atoms with E-state index >= 15 is 0 Å². The molecule has 146 valence electrons. The highest BCUT2D eigenvalue weighted by Gasteiger charge is 2.35. The Hall–Kier alpha value is -2.38. The molecule has 0 radical (unpaired) electrons. The molecular weight excluding hydrogens is 446 g/mol. The Labute approximate surface area is 176 Å². The van der Waals surface area contributed by atoms with Crippen LogP contribution in [0.3, 0.4) is 0 Å². The fourth-order valence-electron chi connectivity index (χ4n) is 3.06. The van der Waals surface area contributed by atoms with Gasteiger partial charge < -0.3 is 15.5 Å². The summed E-state index contributed by atoms with van der Waals surface area (Å²) in [5.74, 6) is -1.03. The summed E-state index contributed by atoms with van der Waals surface area (Å²) in [6.07, 6.45) is 0.141. The molecule has 2 N–H and O–H groups in total. The second kappa shape index (κ2) is 8.32. The van der Waals surface area contributed by atoms with Crippen molar-refractivity contribution in [3.8, 4) is 0 Å². The average molecular weight is 465 g/mol. The predicted molar refractivity (Wildman–Crippen MR) is 114 cm³/mol. The maximum atomic E-state index is 12.6. The summed E-state index contributed by atoms with van der Waals surface area (Å²) in [5, 5.41) is 5.71. The van der Waals surface area contributed by atoms with E-state index in [-0.39, 0.29) is 24.1 Å². The van der Waals surface area contributed by atoms with Crippen molar-refractivity contribution in [2.75, 3.05) is 22.1 Å². The zero-order valence-electron chi connectivity index (χ0n) is 15.4. The number of aryl methyl sites for hydroxylation is 1. The van der Waals surface area contributed by atoms with Crippen LogP contribution in [0, 0.1) is 12.8 Å². The van der Waals surface area contributed by atoms with Crippen molar-refractivity contribution in [2.24, 2.45) is 5.92 Å². The van der Waals surface area contributed by atoms with Gasteiger partial charge in [0.15, 0.2) is 0 Å². The second-order valence-electron chi connectivity index (χ2n) is 6.70. The lowest BCUT2D eigenvalue weighted by Gasteiger charge is -2.18. The van der Waals surface area contributed by atoms with Crippen LogP contribution < -0.4 is 15.5 Å². The summed E-state index contributed by atoms with van der Waals surface area (Å²) in [5.41, 5.74) is 2.78. The monoisotopic (exact) mass is 463 g/mol. The van der Waals surface area contributed by atoms with E-state index in [0.717, 1.165) is 15.7 Å². The molecule has 6 nitrogen and oxygen atoms in total. The van der Waals surface area contributed by atoms with Gasteiger partial charge in [0.1, 0.15) is 0 Å². The van der Waals surface area contributed by atoms with E-state index in [2.05, 4.69) is 26.6 Å². The summed E-state index contributed by atoms with van der Waals surface area (Å²) in [4.78, 5) is 37.8. The quantitative estimate of drug-likeness (QED) is 0.705. The largest absolute Gasteiger partial charge is 0.326 e. The molecule has 1 unspecified atom stereocenters. The highest BCUT2D eigenvalue weighted by molar-refractivity contribution is 9.10. The number of anilines is 3. The molecule has 0 bridgehead atoms. The molecule has 28 heavy (non-hydrogen) atoms. The Morgan fingerprint density at radius 1 is 1.18 bits per heavy atom. The number of amides is 3. The molecule has 1 aliphatic heterocycles. The molecule has 0 aliphatic carbocycles. The number of carbonyl (C=O) groups is 3. The Kier molecular flexibility index (Phi) is 6.05. The molecule has 1 heterocycles. The number of nitrogens with one attached hydrogen (secondary N) is 2. The van der Waals surface area contributed by atoms with Crippen molar-refractivity contribution in [2.45, 2.75) is 20.3 Å². The first-order valence-electron chi connectivity index (χ1n) is 8.69. The van der Waals surface area contributed by atoms with Gasteiger partial charge in [-0.15, -0.1) is 0 Å². The number of halogens is 2. The first-order chi connectivity index (χ1) is 13.2. The van der Waals surface area contributed by atoms with Crippen LogP contribution in [0.4, 0.5) is 17.1 Å². The average Bonchev–Trinajstić information content (AvgIpc) is 3.01. The number of carbonyl (C=O) groups excluding carboxylic acids is 3. The minimum Gasteiger partial charge on any atom is -0.326 e. The number of hydrogen-bond donors (Lipinski definition) is 2. The number of hydrogen-bond acceptors (Lipinski definition) is 3. The Balaban J connectivity index is 1.69. The summed E-state index contributed by atoms with van der Waals surface area (Å²) in [6, 6.07) is 10.5. The van der Waals surface area contributed by atoms with Gasteiger partial charge in [0.05, 0.1) is 16.6 Å². The zero-order chi connectivity index (χ0) is 20.4. The summed E-state index contributed by atoms with van der Waals surface area (Å²) < 4.78 is 0.967. The molecular formula is C20H19BrClN3O3. The fraction of sp³-hybridized carbons (Fsp3) is 0.250. The van der Waals surface area contributed by atoms with Crippen LogP contribution in [0.25, 0.3) is 0 Å². The third-order valence-electron chi connectivity index (χ3n) is 4.50. The molecule has 1 atom stereocenters. The van der Waals surface area contributed by atoms with Crippen molar-refractivity contribution in [1.29, 1.82) is 0 Å². The van der Waals surface area contributed by atoms with Gasteiger partial charge in [-0.3, -0.25) is 14.4 Å². The van der Waals surface area contributed by atoms with Crippen LogP contribution in [0.5, 0.6) is 0 Å². The molecule has 2 aromatic carbocycles. The smallest absolute Gasteiger partial charge is 0.229 e. The topological polar surface area (TPSA) is 78.5 Å². The second-order valence-corrected chi connectivity index (χ2v) is 7.97. The molecule has 2 aromatic rings. The summed E-state index contributed by atoms with van der Waals surface area (Å²) in [6.45, 7) is 3.66. The minimum absolute atomic E-state index is 0.0889. The lowest BCUT2D eigenvalue weighted by atomic mass is 10.1. The molecule has 1 saturated heterocycles. The van der Waals surface area contributed by atoms with Gasteiger partial charge in [-0.05, 0) is 48.9 Å². The number of rotatable bonds is 4. The van der Waals surface area contributed by atoms with Crippen LogP contribution in [0.15, 0.2) is 40.9 Å². The van der Waals surface area contributed by atoms with E-state index in [0.29, 0.717) is 22.9 Å². The Morgan fingerprint density at radius 2 is 1.93 bits per heavy atom. The standard InChI is InChI=1S/C20H19BrClN3O3/c1-11-7-15(4-5-16(11)21)25-10-13(8-19(25)27)20(28)24-18-6-3-14(9-17(18)22)23-12(2)26/h3-7,9,13H,8,10H2,1-2H3,(H,23,26)(H,24,28). The molecule has 1 aliphatic rings. The van der Waals surface area contributed by atoms with Crippen molar-refractivity contribution >= 4 is 62.3 Å². The van der Waals surface area contributed by atoms with E-state index in [9.17, 15) is 14.4 Å². The SMILES string of the molecule is CC(=O)Nc1ccc(NC(=O)C2CC(=O)N(c3ccc(Br)c(C)c3)C2)c(Cl)c1. The molecule has 8 heteroatoms. The van der Waals surface area contributed by atoms with Gasteiger partial charge in [-0.25, -0.2) is 0 Å². The predicted octanol–water partition coefficient (Wildman–Crippen LogP) is 4.36. The van der Waals surface area contributed by atoms with Gasteiger partial charge in [0.25, 0.3) is 0 Å². The highest BCUT2D eigenvalue weighted by atomic mass is 79.9. The van der Waals surface area contributed by atoms with Crippen molar-refractivity contribution < 1.29 is 14.4 Å². The van der Waals surface area contributed by atoms with E-state index in [1.54, 1.807) is 23.1 Å². The summed E-state index contributed by atoms with van der Waals surface area (Å²) >= 11 is 9.65. The Bertz CT molecular complexity index is 964. The van der Waals surface area contributed by atoms with Gasteiger partial charge in [-0.2, -0.15) is 0 Å². The zero-order valence-corrected chi connectivity index (χ0v) is 17.7. The van der Waals surface area contributed by atoms with Gasteiger partial charge in [0, 0.05) is 35.7 Å². The van der Waals surface area contributed by atoms with Crippen LogP contribution in [-0.2, 0) is 14.4 Å². The van der Waals surface area contributed by atoms with Crippen LogP contribution in [0.2, 0.25) is 5.02 Å². The van der Waals surface area contributed by atoms with E-state index in [1.165, 1.54) is 6.92 Å². The van der Waals surface area contributed by atoms with Crippen LogP contribution in [0.1, 0.15) is 18.9 Å². The third-order valence-corrected chi connectivity index (χ3v) is 5.70. The maximum absolute atomic E-state index is 12.6. The normalized spacial score (nSPS) is 16.2. The molecule has 1 fully saturated rings. The first kappa shape index (κ1) is 20.4. The molecule has 3 amide bonds. The number of benzene rings is 2. The lowest BCUT2D eigenvalue weighted by Crippen LogP contribution is -2.28. The maximum Gasteiger partial charge on any atom is 0.229 e. The third kappa shape index (κ3) is 4.54. The van der Waals surface area contributed by atoms with Crippen molar-refractivity contribution in [3.63, 3.8) is 0 Å². The number of nitrogens with zero attached hydrogens (tertiary/aromatic N) is 1. The first-order valence-corrected chi connectivity index (χ1v) is 9.86. The van der Waals surface area contributed by atoms with Crippen molar-refractivity contribution in [1.82, 2.24) is 0 Å². The highest BCUT2D eigenvalue weighted by Crippen LogP contribution is 2.30.